The van der Waals surface area contributed by atoms with E-state index in [2.05, 4.69) is 5.32 Å². The highest BCUT2D eigenvalue weighted by Crippen LogP contribution is 2.34. The van der Waals surface area contributed by atoms with Gasteiger partial charge in [0.1, 0.15) is 19.8 Å². The van der Waals surface area contributed by atoms with E-state index in [0.717, 1.165) is 21.0 Å². The predicted octanol–water partition coefficient (Wildman–Crippen LogP) is 4.16. The molecule has 0 saturated heterocycles. The Morgan fingerprint density at radius 3 is 2.24 bits per heavy atom. The topological polar surface area (TPSA) is 103 Å². The summed E-state index contributed by atoms with van der Waals surface area (Å²) in [5, 5.41) is 2.91. The Bertz CT molecular complexity index is 1420. The number of hydrogen-bond donors (Lipinski definition) is 1. The quantitative estimate of drug-likeness (QED) is 0.435. The van der Waals surface area contributed by atoms with Crippen molar-refractivity contribution in [3.05, 3.63) is 71.3 Å². The number of anilines is 1. The van der Waals surface area contributed by atoms with E-state index in [1.54, 1.807) is 18.2 Å². The van der Waals surface area contributed by atoms with Crippen LogP contribution in [0.4, 0.5) is 5.69 Å². The summed E-state index contributed by atoms with van der Waals surface area (Å²) in [6.45, 7) is 6.10. The van der Waals surface area contributed by atoms with Crippen molar-refractivity contribution in [3.8, 4) is 23.0 Å². The summed E-state index contributed by atoms with van der Waals surface area (Å²) in [4.78, 5) is 13.2. The van der Waals surface area contributed by atoms with Crippen LogP contribution in [0.1, 0.15) is 29.7 Å². The molecule has 1 heterocycles. The molecular formula is C28H32N2O7S. The predicted molar refractivity (Wildman–Crippen MR) is 144 cm³/mol. The summed E-state index contributed by atoms with van der Waals surface area (Å²) < 4.78 is 50.7. The van der Waals surface area contributed by atoms with E-state index in [0.29, 0.717) is 36.1 Å². The number of carbonyl (C=O) groups is 1. The largest absolute Gasteiger partial charge is 0.493 e. The Hall–Kier alpha value is -3.92. The molecule has 1 aliphatic rings. The van der Waals surface area contributed by atoms with Crippen LogP contribution in [-0.2, 0) is 14.8 Å². The van der Waals surface area contributed by atoms with Crippen molar-refractivity contribution in [1.29, 1.82) is 0 Å². The number of nitrogens with zero attached hydrogens (tertiary/aromatic N) is 1. The Labute approximate surface area is 223 Å². The number of hydrogen-bond acceptors (Lipinski definition) is 7. The highest BCUT2D eigenvalue weighted by atomic mass is 32.2. The van der Waals surface area contributed by atoms with Gasteiger partial charge in [-0.2, -0.15) is 0 Å². The smallest absolute Gasteiger partial charge is 0.264 e. The Morgan fingerprint density at radius 2 is 1.58 bits per heavy atom. The van der Waals surface area contributed by atoms with Crippen molar-refractivity contribution in [3.63, 3.8) is 0 Å². The second-order valence-corrected chi connectivity index (χ2v) is 10.9. The Kier molecular flexibility index (Phi) is 8.01. The summed E-state index contributed by atoms with van der Waals surface area (Å²) in [6, 6.07) is 14.8. The fourth-order valence-electron chi connectivity index (χ4n) is 4.34. The summed E-state index contributed by atoms with van der Waals surface area (Å²) in [5.74, 6) is 1.47. The van der Waals surface area contributed by atoms with Crippen LogP contribution >= 0.6 is 0 Å². The van der Waals surface area contributed by atoms with E-state index in [1.165, 1.54) is 32.4 Å². The molecule has 38 heavy (non-hydrogen) atoms. The molecule has 1 unspecified atom stereocenters. The van der Waals surface area contributed by atoms with Gasteiger partial charge in [0.25, 0.3) is 10.0 Å². The van der Waals surface area contributed by atoms with E-state index >= 15 is 0 Å². The number of rotatable bonds is 9. The minimum Gasteiger partial charge on any atom is -0.493 e. The van der Waals surface area contributed by atoms with Crippen LogP contribution in [0.3, 0.4) is 0 Å². The molecule has 0 spiro atoms. The minimum atomic E-state index is -4.15. The van der Waals surface area contributed by atoms with E-state index in [4.69, 9.17) is 18.9 Å². The van der Waals surface area contributed by atoms with Crippen molar-refractivity contribution < 1.29 is 32.2 Å². The maximum atomic E-state index is 13.9. The zero-order valence-corrected chi connectivity index (χ0v) is 22.9. The van der Waals surface area contributed by atoms with Gasteiger partial charge in [0.05, 0.1) is 30.8 Å². The maximum Gasteiger partial charge on any atom is 0.264 e. The molecule has 3 aromatic carbocycles. The lowest BCUT2D eigenvalue weighted by molar-refractivity contribution is -0.120. The van der Waals surface area contributed by atoms with Crippen LogP contribution in [0.15, 0.2) is 59.5 Å². The number of benzene rings is 3. The number of ether oxygens (including phenoxy) is 4. The Balaban J connectivity index is 1.64. The van der Waals surface area contributed by atoms with Crippen LogP contribution in [0.5, 0.6) is 23.0 Å². The molecule has 1 N–H and O–H groups in total. The van der Waals surface area contributed by atoms with Gasteiger partial charge in [0, 0.05) is 6.07 Å². The molecule has 0 aromatic heterocycles. The van der Waals surface area contributed by atoms with Gasteiger partial charge < -0.3 is 24.3 Å². The van der Waals surface area contributed by atoms with Crippen LogP contribution < -0.4 is 28.6 Å². The zero-order chi connectivity index (χ0) is 27.4. The third-order valence-corrected chi connectivity index (χ3v) is 7.94. The van der Waals surface area contributed by atoms with Gasteiger partial charge in [0.15, 0.2) is 23.0 Å². The number of fused-ring (bicyclic) bond motifs is 1. The van der Waals surface area contributed by atoms with E-state index in [1.807, 2.05) is 39.0 Å². The van der Waals surface area contributed by atoms with Crippen LogP contribution in [0, 0.1) is 13.8 Å². The second-order valence-electron chi connectivity index (χ2n) is 9.07. The van der Waals surface area contributed by atoms with Crippen LogP contribution in [-0.4, -0.2) is 48.3 Å². The molecular weight excluding hydrogens is 508 g/mol. The summed E-state index contributed by atoms with van der Waals surface area (Å²) in [6.07, 6.45) is 0. The van der Waals surface area contributed by atoms with Crippen LogP contribution in [0.2, 0.25) is 0 Å². The molecule has 3 aromatic rings. The fraction of sp³-hybridized carbons (Fsp3) is 0.321. The average Bonchev–Trinajstić information content (AvgIpc) is 2.90. The zero-order valence-electron chi connectivity index (χ0n) is 22.1. The van der Waals surface area contributed by atoms with Crippen molar-refractivity contribution in [2.45, 2.75) is 31.7 Å². The highest BCUT2D eigenvalue weighted by Gasteiger charge is 2.29. The molecule has 0 radical (unpaired) electrons. The highest BCUT2D eigenvalue weighted by molar-refractivity contribution is 7.92. The molecule has 0 saturated carbocycles. The van der Waals surface area contributed by atoms with Crippen LogP contribution in [0.25, 0.3) is 0 Å². The SMILES string of the molecule is COc1ccc(S(=O)(=O)N(CC(=O)NC(C)c2ccc3c(c2)OCCO3)c2cc(C)cc(C)c2)cc1OC. The first-order chi connectivity index (χ1) is 18.1. The van der Waals surface area contributed by atoms with Gasteiger partial charge in [-0.1, -0.05) is 12.1 Å². The van der Waals surface area contributed by atoms with E-state index in [9.17, 15) is 13.2 Å². The molecule has 1 amide bonds. The molecule has 202 valence electrons. The minimum absolute atomic E-state index is 0.0259. The number of nitrogens with one attached hydrogen (secondary N) is 1. The van der Waals surface area contributed by atoms with Crippen molar-refractivity contribution in [2.75, 3.05) is 38.3 Å². The third-order valence-electron chi connectivity index (χ3n) is 6.17. The summed E-state index contributed by atoms with van der Waals surface area (Å²) in [5.41, 5.74) is 2.94. The van der Waals surface area contributed by atoms with Gasteiger partial charge >= 0.3 is 0 Å². The average molecular weight is 541 g/mol. The monoisotopic (exact) mass is 540 g/mol. The van der Waals surface area contributed by atoms with Crippen molar-refractivity contribution in [1.82, 2.24) is 5.32 Å². The number of aryl methyl sites for hydroxylation is 2. The lowest BCUT2D eigenvalue weighted by Crippen LogP contribution is -2.41. The first-order valence-corrected chi connectivity index (χ1v) is 13.6. The molecule has 1 aliphatic heterocycles. The third kappa shape index (κ3) is 5.80. The van der Waals surface area contributed by atoms with Gasteiger partial charge in [-0.3, -0.25) is 9.10 Å². The van der Waals surface area contributed by atoms with E-state index < -0.39 is 28.5 Å². The molecule has 9 nitrogen and oxygen atoms in total. The number of amides is 1. The number of carbonyl (C=O) groups excluding carboxylic acids is 1. The molecule has 0 aliphatic carbocycles. The van der Waals surface area contributed by atoms with Gasteiger partial charge in [-0.25, -0.2) is 8.42 Å². The second kappa shape index (κ2) is 11.2. The van der Waals surface area contributed by atoms with E-state index in [-0.39, 0.29) is 10.6 Å². The van der Waals surface area contributed by atoms with Crippen molar-refractivity contribution >= 4 is 21.6 Å². The summed E-state index contributed by atoms with van der Waals surface area (Å²) >= 11 is 0. The molecule has 10 heteroatoms. The maximum absolute atomic E-state index is 13.9. The van der Waals surface area contributed by atoms with Gasteiger partial charge in [0.2, 0.25) is 5.91 Å². The number of sulfonamides is 1. The van der Waals surface area contributed by atoms with Gasteiger partial charge in [-0.15, -0.1) is 0 Å². The standard InChI is InChI=1S/C28H32N2O7S/c1-18-12-19(2)14-22(13-18)30(38(32,33)23-7-9-24(34-4)26(16-23)35-5)17-28(31)29-20(3)21-6-8-25-27(15-21)37-11-10-36-25/h6-9,12-16,20H,10-11,17H2,1-5H3,(H,29,31). The molecule has 4 rings (SSSR count). The summed E-state index contributed by atoms with van der Waals surface area (Å²) in [7, 11) is -1.25. The lowest BCUT2D eigenvalue weighted by Gasteiger charge is -2.26. The fourth-order valence-corrected chi connectivity index (χ4v) is 5.76. The normalized spacial score (nSPS) is 13.4. The van der Waals surface area contributed by atoms with Gasteiger partial charge in [-0.05, 0) is 73.9 Å². The van der Waals surface area contributed by atoms with Crippen molar-refractivity contribution in [2.24, 2.45) is 0 Å². The molecule has 0 bridgehead atoms. The molecule has 0 fully saturated rings. The first-order valence-electron chi connectivity index (χ1n) is 12.1. The molecule has 1 atom stereocenters. The Morgan fingerprint density at radius 1 is 0.921 bits per heavy atom. The first kappa shape index (κ1) is 27.1. The lowest BCUT2D eigenvalue weighted by atomic mass is 10.1. The number of methoxy groups -OCH3 is 2.